The Bertz CT molecular complexity index is 422. The zero-order valence-corrected chi connectivity index (χ0v) is 13.6. The molecule has 0 aliphatic carbocycles. The molecule has 1 aliphatic rings. The second-order valence-corrected chi connectivity index (χ2v) is 4.29. The van der Waals surface area contributed by atoms with Gasteiger partial charge in [0.05, 0.1) is 6.61 Å². The SMILES string of the molecule is CC([O-])=N[C@H]1[C@H]([C@H](O)[C@H](O)CO)OC(C(=O)O)=C[C@@H]1O.[Na+]. The van der Waals surface area contributed by atoms with Gasteiger partial charge in [-0.15, -0.1) is 0 Å². The standard InChI is InChI=1S/C11H17NO8.Na/c1-4(14)12-8-5(15)2-7(11(18)19)20-10(8)9(17)6(16)3-13;/h2,5-6,8-10,13,15-17H,3H2,1H3,(H,12,14)(H,18,19);/q;+1/p-1/t5-,6+,8+,9+,10+;/m0./s1. The number of aliphatic carboxylic acids is 1. The van der Waals surface area contributed by atoms with Gasteiger partial charge in [0.25, 0.3) is 0 Å². The molecule has 1 rings (SSSR count). The molecule has 21 heavy (non-hydrogen) atoms. The van der Waals surface area contributed by atoms with Crippen LogP contribution in [0.3, 0.4) is 0 Å². The van der Waals surface area contributed by atoms with Gasteiger partial charge in [0.2, 0.25) is 5.76 Å². The van der Waals surface area contributed by atoms with Crippen molar-refractivity contribution in [3.63, 3.8) is 0 Å². The van der Waals surface area contributed by atoms with Crippen molar-refractivity contribution in [3.8, 4) is 0 Å². The van der Waals surface area contributed by atoms with Gasteiger partial charge in [0.1, 0.15) is 24.4 Å². The van der Waals surface area contributed by atoms with E-state index in [1.54, 1.807) is 0 Å². The number of carbonyl (C=O) groups is 1. The van der Waals surface area contributed by atoms with Gasteiger partial charge in [-0.25, -0.2) is 4.79 Å². The van der Waals surface area contributed by atoms with Gasteiger partial charge >= 0.3 is 35.5 Å². The number of nitrogens with zero attached hydrogens (tertiary/aromatic N) is 1. The van der Waals surface area contributed by atoms with Crippen LogP contribution in [-0.4, -0.2) is 74.5 Å². The molecule has 0 radical (unpaired) electrons. The molecule has 0 saturated heterocycles. The molecule has 114 valence electrons. The number of hydrogen-bond acceptors (Lipinski definition) is 8. The van der Waals surface area contributed by atoms with Crippen LogP contribution in [0.2, 0.25) is 0 Å². The predicted molar refractivity (Wildman–Crippen MR) is 62.6 cm³/mol. The van der Waals surface area contributed by atoms with Crippen LogP contribution in [0.5, 0.6) is 0 Å². The van der Waals surface area contributed by atoms with E-state index in [4.69, 9.17) is 14.9 Å². The molecule has 5 N–H and O–H groups in total. The first kappa shape index (κ1) is 20.3. The maximum atomic E-state index is 11.0. The third-order valence-electron chi connectivity index (χ3n) is 2.73. The smallest absolute Gasteiger partial charge is 0.862 e. The van der Waals surface area contributed by atoms with Crippen LogP contribution in [0.1, 0.15) is 6.92 Å². The Balaban J connectivity index is 0.00000400. The number of aliphatic imine (C=N–C) groups is 1. The summed E-state index contributed by atoms with van der Waals surface area (Å²) >= 11 is 0. The van der Waals surface area contributed by atoms with Crippen molar-refractivity contribution in [1.82, 2.24) is 0 Å². The molecule has 0 fully saturated rings. The molecule has 0 amide bonds. The predicted octanol–water partition coefficient (Wildman–Crippen LogP) is -6.42. The molecule has 10 heteroatoms. The van der Waals surface area contributed by atoms with E-state index >= 15 is 0 Å². The molecule has 0 aromatic heterocycles. The van der Waals surface area contributed by atoms with Crippen molar-refractivity contribution in [3.05, 3.63) is 11.8 Å². The number of aliphatic hydroxyl groups is 4. The normalized spacial score (nSPS) is 28.7. The van der Waals surface area contributed by atoms with Crippen LogP contribution in [-0.2, 0) is 9.53 Å². The summed E-state index contributed by atoms with van der Waals surface area (Å²) in [7, 11) is 0. The molecule has 1 aliphatic heterocycles. The summed E-state index contributed by atoms with van der Waals surface area (Å²) in [5, 5.41) is 57.6. The first-order chi connectivity index (χ1) is 9.27. The van der Waals surface area contributed by atoms with Gasteiger partial charge < -0.3 is 35.4 Å². The van der Waals surface area contributed by atoms with Crippen molar-refractivity contribution in [2.45, 2.75) is 37.4 Å². The Morgan fingerprint density at radius 3 is 2.52 bits per heavy atom. The number of hydrogen-bond donors (Lipinski definition) is 5. The quantitative estimate of drug-likeness (QED) is 0.190. The van der Waals surface area contributed by atoms with Gasteiger partial charge in [-0.1, -0.05) is 0 Å². The van der Waals surface area contributed by atoms with Gasteiger partial charge in [0.15, 0.2) is 6.10 Å². The van der Waals surface area contributed by atoms with E-state index in [-0.39, 0.29) is 29.6 Å². The Labute approximate surface area is 142 Å². The summed E-state index contributed by atoms with van der Waals surface area (Å²) in [5.41, 5.74) is 0. The van der Waals surface area contributed by atoms with Crippen molar-refractivity contribution in [2.24, 2.45) is 4.99 Å². The Hall–Kier alpha value is -0.680. The molecule has 0 saturated carbocycles. The minimum absolute atomic E-state index is 0. The fourth-order valence-corrected chi connectivity index (χ4v) is 1.78. The molecule has 1 heterocycles. The van der Waals surface area contributed by atoms with Crippen LogP contribution < -0.4 is 34.7 Å². The summed E-state index contributed by atoms with van der Waals surface area (Å²) in [6.45, 7) is 0.297. The molecular weight excluding hydrogens is 297 g/mol. The zero-order chi connectivity index (χ0) is 15.4. The van der Waals surface area contributed by atoms with Gasteiger partial charge in [0, 0.05) is 0 Å². The van der Waals surface area contributed by atoms with E-state index in [1.165, 1.54) is 0 Å². The van der Waals surface area contributed by atoms with E-state index in [9.17, 15) is 25.2 Å². The Kier molecular flexibility index (Phi) is 8.41. The van der Waals surface area contributed by atoms with Crippen molar-refractivity contribution < 1.29 is 69.7 Å². The zero-order valence-electron chi connectivity index (χ0n) is 11.6. The van der Waals surface area contributed by atoms with Crippen LogP contribution in [0.25, 0.3) is 0 Å². The van der Waals surface area contributed by atoms with Gasteiger partial charge in [-0.3, -0.25) is 4.99 Å². The topological polar surface area (TPSA) is 163 Å². The minimum Gasteiger partial charge on any atom is -0.862 e. The van der Waals surface area contributed by atoms with Crippen molar-refractivity contribution >= 4 is 11.9 Å². The van der Waals surface area contributed by atoms with E-state index in [0.29, 0.717) is 0 Å². The number of aliphatic hydroxyl groups excluding tert-OH is 4. The summed E-state index contributed by atoms with van der Waals surface area (Å²) in [6, 6.07) is -1.29. The van der Waals surface area contributed by atoms with Crippen LogP contribution >= 0.6 is 0 Å². The fraction of sp³-hybridized carbons (Fsp3) is 0.636. The average molecular weight is 313 g/mol. The van der Waals surface area contributed by atoms with Crippen LogP contribution in [0.4, 0.5) is 0 Å². The molecule has 9 nitrogen and oxygen atoms in total. The summed E-state index contributed by atoms with van der Waals surface area (Å²) in [5.74, 6) is -2.79. The number of ether oxygens (including phenoxy) is 1. The van der Waals surface area contributed by atoms with Crippen molar-refractivity contribution in [2.75, 3.05) is 6.61 Å². The number of carboxylic acid groups (broad SMARTS) is 1. The largest absolute Gasteiger partial charge is 1.00 e. The maximum absolute atomic E-state index is 11.0. The van der Waals surface area contributed by atoms with Crippen LogP contribution in [0, 0.1) is 0 Å². The number of rotatable bonds is 5. The van der Waals surface area contributed by atoms with Crippen molar-refractivity contribution in [1.29, 1.82) is 0 Å². The molecule has 0 aromatic rings. The maximum Gasteiger partial charge on any atom is 1.00 e. The van der Waals surface area contributed by atoms with E-state index < -0.39 is 54.7 Å². The summed E-state index contributed by atoms with van der Waals surface area (Å²) < 4.78 is 4.95. The molecular formula is C11H16NNaO8. The summed E-state index contributed by atoms with van der Waals surface area (Å²) in [6.07, 6.45) is -5.49. The summed E-state index contributed by atoms with van der Waals surface area (Å²) in [4.78, 5) is 14.4. The molecule has 0 bridgehead atoms. The van der Waals surface area contributed by atoms with Crippen LogP contribution in [0.15, 0.2) is 16.8 Å². The monoisotopic (exact) mass is 313 g/mol. The first-order valence-corrected chi connectivity index (χ1v) is 5.76. The van der Waals surface area contributed by atoms with Gasteiger partial charge in [-0.05, 0) is 18.9 Å². The second kappa shape index (κ2) is 8.69. The Morgan fingerprint density at radius 2 is 2.10 bits per heavy atom. The third-order valence-corrected chi connectivity index (χ3v) is 2.73. The minimum atomic E-state index is -1.73. The molecule has 0 unspecified atom stereocenters. The third kappa shape index (κ3) is 5.22. The van der Waals surface area contributed by atoms with E-state index in [1.807, 2.05) is 0 Å². The molecule has 5 atom stereocenters. The van der Waals surface area contributed by atoms with E-state index in [2.05, 4.69) is 4.99 Å². The first-order valence-electron chi connectivity index (χ1n) is 5.76. The second-order valence-electron chi connectivity index (χ2n) is 4.29. The molecule has 0 aromatic carbocycles. The average Bonchev–Trinajstić information content (AvgIpc) is 2.38. The fourth-order valence-electron chi connectivity index (χ4n) is 1.78. The number of carboxylic acids is 1. The van der Waals surface area contributed by atoms with Gasteiger partial charge in [-0.2, -0.15) is 0 Å². The molecule has 0 spiro atoms. The Morgan fingerprint density at radius 1 is 1.52 bits per heavy atom. The van der Waals surface area contributed by atoms with E-state index in [0.717, 1.165) is 13.0 Å².